The van der Waals surface area contributed by atoms with Gasteiger partial charge >= 0.3 is 0 Å². The number of nitrogens with zero attached hydrogens (tertiary/aromatic N) is 1. The van der Waals surface area contributed by atoms with Crippen LogP contribution in [0, 0.1) is 0 Å². The molecule has 3 amide bonds. The van der Waals surface area contributed by atoms with Crippen molar-refractivity contribution in [1.82, 2.24) is 4.90 Å². The number of thioether (sulfide) groups is 1. The van der Waals surface area contributed by atoms with Crippen LogP contribution in [0.1, 0.15) is 26.7 Å². The molecule has 2 atom stereocenters. The fraction of sp³-hybridized carbons (Fsp3) is 0.438. The van der Waals surface area contributed by atoms with Gasteiger partial charge in [0.05, 0.1) is 4.87 Å². The summed E-state index contributed by atoms with van der Waals surface area (Å²) in [6.45, 7) is 3.45. The molecule has 0 aliphatic carbocycles. The summed E-state index contributed by atoms with van der Waals surface area (Å²) in [6.07, 6.45) is 1.30. The Morgan fingerprint density at radius 2 is 2.00 bits per heavy atom. The highest BCUT2D eigenvalue weighted by Gasteiger charge is 2.52. The van der Waals surface area contributed by atoms with E-state index in [0.717, 1.165) is 6.42 Å². The molecule has 0 radical (unpaired) electrons. The van der Waals surface area contributed by atoms with Gasteiger partial charge in [-0.15, -0.1) is 11.8 Å². The third-order valence-corrected chi connectivity index (χ3v) is 5.70. The van der Waals surface area contributed by atoms with Crippen molar-refractivity contribution >= 4 is 40.9 Å². The quantitative estimate of drug-likeness (QED) is 0.887. The van der Waals surface area contributed by atoms with Gasteiger partial charge in [-0.25, -0.2) is 0 Å². The molecule has 122 valence electrons. The molecule has 1 aromatic rings. The van der Waals surface area contributed by atoms with Gasteiger partial charge in [0, 0.05) is 30.5 Å². The maximum atomic E-state index is 12.6. The zero-order valence-corrected chi connectivity index (χ0v) is 13.9. The van der Waals surface area contributed by atoms with Crippen LogP contribution in [0.15, 0.2) is 24.3 Å². The minimum Gasteiger partial charge on any atom is -0.326 e. The van der Waals surface area contributed by atoms with Gasteiger partial charge < -0.3 is 15.5 Å². The van der Waals surface area contributed by atoms with E-state index in [0.29, 0.717) is 23.5 Å². The van der Waals surface area contributed by atoms with Crippen molar-refractivity contribution in [3.63, 3.8) is 0 Å². The van der Waals surface area contributed by atoms with Crippen molar-refractivity contribution in [2.75, 3.05) is 16.4 Å². The molecule has 0 saturated carbocycles. The van der Waals surface area contributed by atoms with Crippen LogP contribution < -0.4 is 10.6 Å². The summed E-state index contributed by atoms with van der Waals surface area (Å²) in [5, 5.41) is 5.53. The lowest BCUT2D eigenvalue weighted by atomic mass is 10.2. The van der Waals surface area contributed by atoms with E-state index in [2.05, 4.69) is 10.6 Å². The van der Waals surface area contributed by atoms with E-state index in [1.165, 1.54) is 6.92 Å². The van der Waals surface area contributed by atoms with Gasteiger partial charge in [-0.1, -0.05) is 6.07 Å². The Kier molecular flexibility index (Phi) is 4.06. The standard InChI is InChI=1S/C16H19N3O3S/c1-10(20)17-11-4-3-5-12(8-11)18-15(22)13-9-23-16(2)7-6-14(21)19(13)16/h3-5,8,13H,6-7,9H2,1-2H3,(H,17,20)(H,18,22)/t13-,16-/m1/s1. The Bertz CT molecular complexity index is 678. The van der Waals surface area contributed by atoms with Crippen molar-refractivity contribution in [3.05, 3.63) is 24.3 Å². The predicted molar refractivity (Wildman–Crippen MR) is 90.1 cm³/mol. The summed E-state index contributed by atoms with van der Waals surface area (Å²) in [4.78, 5) is 37.2. The van der Waals surface area contributed by atoms with Gasteiger partial charge in [-0.05, 0) is 31.5 Å². The fourth-order valence-electron chi connectivity index (χ4n) is 3.12. The van der Waals surface area contributed by atoms with E-state index in [-0.39, 0.29) is 22.6 Å². The van der Waals surface area contributed by atoms with Crippen LogP contribution in [0.3, 0.4) is 0 Å². The number of benzene rings is 1. The van der Waals surface area contributed by atoms with E-state index in [1.807, 2.05) is 6.92 Å². The molecule has 2 heterocycles. The highest BCUT2D eigenvalue weighted by atomic mass is 32.2. The first-order chi connectivity index (χ1) is 10.9. The summed E-state index contributed by atoms with van der Waals surface area (Å²) in [7, 11) is 0. The van der Waals surface area contributed by atoms with Gasteiger partial charge in [0.2, 0.25) is 17.7 Å². The normalized spacial score (nSPS) is 26.1. The highest BCUT2D eigenvalue weighted by Crippen LogP contribution is 2.47. The number of hydrogen-bond donors (Lipinski definition) is 2. The summed E-state index contributed by atoms with van der Waals surface area (Å²) in [5.41, 5.74) is 1.23. The molecule has 1 aromatic carbocycles. The first-order valence-electron chi connectivity index (χ1n) is 7.54. The highest BCUT2D eigenvalue weighted by molar-refractivity contribution is 8.01. The van der Waals surface area contributed by atoms with Crippen molar-refractivity contribution in [3.8, 4) is 0 Å². The lowest BCUT2D eigenvalue weighted by Crippen LogP contribution is -2.48. The number of carbonyl (C=O) groups is 3. The van der Waals surface area contributed by atoms with E-state index in [1.54, 1.807) is 40.9 Å². The van der Waals surface area contributed by atoms with Crippen LogP contribution in [0.25, 0.3) is 0 Å². The van der Waals surface area contributed by atoms with E-state index in [4.69, 9.17) is 0 Å². The van der Waals surface area contributed by atoms with Crippen LogP contribution >= 0.6 is 11.8 Å². The third kappa shape index (κ3) is 3.06. The zero-order chi connectivity index (χ0) is 16.6. The van der Waals surface area contributed by atoms with Crippen molar-refractivity contribution in [2.24, 2.45) is 0 Å². The second-order valence-corrected chi connectivity index (χ2v) is 7.52. The Morgan fingerprint density at radius 1 is 1.30 bits per heavy atom. The van der Waals surface area contributed by atoms with Crippen molar-refractivity contribution in [1.29, 1.82) is 0 Å². The smallest absolute Gasteiger partial charge is 0.248 e. The summed E-state index contributed by atoms with van der Waals surface area (Å²) >= 11 is 1.66. The number of carbonyl (C=O) groups excluding carboxylic acids is 3. The van der Waals surface area contributed by atoms with Crippen molar-refractivity contribution < 1.29 is 14.4 Å². The number of anilines is 2. The largest absolute Gasteiger partial charge is 0.326 e. The Labute approximate surface area is 139 Å². The molecule has 2 N–H and O–H groups in total. The fourth-order valence-corrected chi connectivity index (χ4v) is 4.55. The molecular weight excluding hydrogens is 314 g/mol. The number of fused-ring (bicyclic) bond motifs is 1. The van der Waals surface area contributed by atoms with Gasteiger partial charge in [-0.3, -0.25) is 14.4 Å². The van der Waals surface area contributed by atoms with Crippen LogP contribution in [-0.4, -0.2) is 39.3 Å². The maximum absolute atomic E-state index is 12.6. The van der Waals surface area contributed by atoms with E-state index in [9.17, 15) is 14.4 Å². The molecule has 2 fully saturated rings. The molecule has 6 nitrogen and oxygen atoms in total. The molecule has 3 rings (SSSR count). The minimum absolute atomic E-state index is 0.0460. The molecule has 0 aromatic heterocycles. The molecule has 2 aliphatic heterocycles. The van der Waals surface area contributed by atoms with Gasteiger partial charge in [-0.2, -0.15) is 0 Å². The minimum atomic E-state index is -0.440. The lowest BCUT2D eigenvalue weighted by Gasteiger charge is -2.29. The summed E-state index contributed by atoms with van der Waals surface area (Å²) < 4.78 is 0. The Hall–Kier alpha value is -2.02. The first kappa shape index (κ1) is 15.9. The topological polar surface area (TPSA) is 78.5 Å². The van der Waals surface area contributed by atoms with Gasteiger partial charge in [0.25, 0.3) is 0 Å². The van der Waals surface area contributed by atoms with Gasteiger partial charge in [0.15, 0.2) is 0 Å². The third-order valence-electron chi connectivity index (χ3n) is 4.20. The molecule has 0 spiro atoms. The molecule has 23 heavy (non-hydrogen) atoms. The predicted octanol–water partition coefficient (Wildman–Crippen LogP) is 2.04. The average Bonchev–Trinajstić information content (AvgIpc) is 2.96. The molecule has 0 bridgehead atoms. The second-order valence-electron chi connectivity index (χ2n) is 6.02. The SMILES string of the molecule is CC(=O)Nc1cccc(NC(=O)[C@H]2CS[C@]3(C)CCC(=O)N23)c1. The van der Waals surface area contributed by atoms with Crippen molar-refractivity contribution in [2.45, 2.75) is 37.6 Å². The van der Waals surface area contributed by atoms with Crippen LogP contribution in [-0.2, 0) is 14.4 Å². The first-order valence-corrected chi connectivity index (χ1v) is 8.52. The summed E-state index contributed by atoms with van der Waals surface area (Å²) in [5.74, 6) is 0.305. The number of hydrogen-bond acceptors (Lipinski definition) is 4. The summed E-state index contributed by atoms with van der Waals surface area (Å²) in [6, 6.07) is 6.53. The van der Waals surface area contributed by atoms with Gasteiger partial charge in [0.1, 0.15) is 6.04 Å². The zero-order valence-electron chi connectivity index (χ0n) is 13.1. The number of nitrogens with one attached hydrogen (secondary N) is 2. The van der Waals surface area contributed by atoms with E-state index < -0.39 is 6.04 Å². The molecule has 2 aliphatic rings. The molecular formula is C16H19N3O3S. The number of amides is 3. The Morgan fingerprint density at radius 3 is 2.70 bits per heavy atom. The molecule has 7 heteroatoms. The molecule has 2 saturated heterocycles. The molecule has 0 unspecified atom stereocenters. The second kappa shape index (κ2) is 5.88. The monoisotopic (exact) mass is 333 g/mol. The van der Waals surface area contributed by atoms with E-state index >= 15 is 0 Å². The maximum Gasteiger partial charge on any atom is 0.248 e. The number of rotatable bonds is 3. The Balaban J connectivity index is 1.72. The average molecular weight is 333 g/mol. The lowest BCUT2D eigenvalue weighted by molar-refractivity contribution is -0.135. The van der Waals surface area contributed by atoms with Crippen LogP contribution in [0.2, 0.25) is 0 Å². The van der Waals surface area contributed by atoms with Crippen LogP contribution in [0.4, 0.5) is 11.4 Å². The van der Waals surface area contributed by atoms with Crippen LogP contribution in [0.5, 0.6) is 0 Å².